The molecule has 0 aromatic carbocycles. The average molecular weight is 286 g/mol. The maximum atomic E-state index is 10.1. The molecule has 0 fully saturated rings. The van der Waals surface area contributed by atoms with E-state index in [9.17, 15) is 8.42 Å². The van der Waals surface area contributed by atoms with Gasteiger partial charge >= 0.3 is 10.4 Å². The second kappa shape index (κ2) is 14.8. The molecule has 0 aromatic rings. The van der Waals surface area contributed by atoms with Crippen LogP contribution in [0.2, 0.25) is 0 Å². The van der Waals surface area contributed by atoms with Crippen molar-refractivity contribution in [1.29, 1.82) is 0 Å². The highest BCUT2D eigenvalue weighted by Gasteiger charge is 2.02. The molecule has 0 atom stereocenters. The molecule has 18 heavy (non-hydrogen) atoms. The van der Waals surface area contributed by atoms with E-state index in [-0.39, 0.29) is 12.8 Å². The summed E-state index contributed by atoms with van der Waals surface area (Å²) in [6, 6.07) is 0. The first-order valence-electron chi connectivity index (χ1n) is 6.02. The van der Waals surface area contributed by atoms with Crippen LogP contribution in [-0.4, -0.2) is 45.6 Å². The third-order valence-electron chi connectivity index (χ3n) is 1.73. The van der Waals surface area contributed by atoms with Crippen molar-refractivity contribution in [3.8, 4) is 0 Å². The van der Waals surface area contributed by atoms with Crippen molar-refractivity contribution >= 4 is 10.4 Å². The van der Waals surface area contributed by atoms with Gasteiger partial charge in [0.1, 0.15) is 0 Å². The van der Waals surface area contributed by atoms with Gasteiger partial charge in [0.05, 0.1) is 6.61 Å². The topological polar surface area (TPSA) is 102 Å². The van der Waals surface area contributed by atoms with Gasteiger partial charge in [-0.15, -0.1) is 0 Å². The van der Waals surface area contributed by atoms with Crippen LogP contribution in [0.4, 0.5) is 0 Å². The summed E-state index contributed by atoms with van der Waals surface area (Å²) in [7, 11) is 1.78. The number of hydrogen-bond donors (Lipinski definition) is 2. The van der Waals surface area contributed by atoms with Crippen LogP contribution in [0.25, 0.3) is 0 Å². The SMILES string of the molecule is CCCCCCCCOS(=O)(=O)O.CN(C)C.N. The molecule has 0 bridgehead atoms. The Morgan fingerprint density at radius 2 is 1.39 bits per heavy atom. The van der Waals surface area contributed by atoms with Crippen LogP contribution in [-0.2, 0) is 14.6 Å². The molecule has 114 valence electrons. The normalized spacial score (nSPS) is 10.6. The zero-order chi connectivity index (χ0) is 13.7. The number of nitrogens with zero attached hydrogens (tertiary/aromatic N) is 1. The highest BCUT2D eigenvalue weighted by Crippen LogP contribution is 2.05. The molecule has 6 nitrogen and oxygen atoms in total. The lowest BCUT2D eigenvalue weighted by atomic mass is 10.1. The molecule has 0 aliphatic heterocycles. The average Bonchev–Trinajstić information content (AvgIpc) is 2.14. The Bertz CT molecular complexity index is 241. The smallest absolute Gasteiger partial charge is 0.344 e. The maximum Gasteiger partial charge on any atom is 0.397 e. The quantitative estimate of drug-likeness (QED) is 0.525. The monoisotopic (exact) mass is 286 g/mol. The van der Waals surface area contributed by atoms with E-state index in [2.05, 4.69) is 11.1 Å². The number of hydrogen-bond acceptors (Lipinski definition) is 5. The zero-order valence-corrected chi connectivity index (χ0v) is 13.0. The summed E-state index contributed by atoms with van der Waals surface area (Å²) >= 11 is 0. The second-order valence-electron chi connectivity index (χ2n) is 4.36. The van der Waals surface area contributed by atoms with Crippen LogP contribution in [0, 0.1) is 0 Å². The fourth-order valence-corrected chi connectivity index (χ4v) is 1.38. The fraction of sp³-hybridized carbons (Fsp3) is 1.00. The molecule has 0 saturated carbocycles. The van der Waals surface area contributed by atoms with Crippen molar-refractivity contribution in [1.82, 2.24) is 11.1 Å². The summed E-state index contributed by atoms with van der Waals surface area (Å²) in [4.78, 5) is 2.00. The third-order valence-corrected chi connectivity index (χ3v) is 2.19. The lowest BCUT2D eigenvalue weighted by Gasteiger charge is -2.00. The second-order valence-corrected chi connectivity index (χ2v) is 5.45. The zero-order valence-electron chi connectivity index (χ0n) is 12.2. The first kappa shape index (κ1) is 22.9. The minimum absolute atomic E-state index is 0. The highest BCUT2D eigenvalue weighted by atomic mass is 32.3. The van der Waals surface area contributed by atoms with Gasteiger partial charge in [-0.05, 0) is 27.6 Å². The number of unbranched alkanes of at least 4 members (excludes halogenated alkanes) is 5. The Morgan fingerprint density at radius 3 is 1.78 bits per heavy atom. The van der Waals surface area contributed by atoms with E-state index in [4.69, 9.17) is 4.55 Å². The van der Waals surface area contributed by atoms with Crippen LogP contribution < -0.4 is 6.15 Å². The standard InChI is InChI=1S/C8H18O4S.C3H9N.H3N/c1-2-3-4-5-6-7-8-12-13(9,10)11;1-4(2)3;/h2-8H2,1H3,(H,9,10,11);1-3H3;1H3. The third kappa shape index (κ3) is 36.0. The minimum atomic E-state index is -4.22. The van der Waals surface area contributed by atoms with E-state index in [0.717, 1.165) is 12.8 Å². The van der Waals surface area contributed by atoms with Crippen LogP contribution in [0.15, 0.2) is 0 Å². The molecule has 0 unspecified atom stereocenters. The Kier molecular flexibility index (Phi) is 18.9. The van der Waals surface area contributed by atoms with Gasteiger partial charge in [-0.3, -0.25) is 4.55 Å². The molecule has 0 aromatic heterocycles. The highest BCUT2D eigenvalue weighted by molar-refractivity contribution is 7.80. The van der Waals surface area contributed by atoms with Crippen molar-refractivity contribution in [2.24, 2.45) is 0 Å². The Labute approximate surface area is 112 Å². The van der Waals surface area contributed by atoms with E-state index in [1.54, 1.807) is 0 Å². The molecule has 0 saturated heterocycles. The van der Waals surface area contributed by atoms with E-state index in [1.165, 1.54) is 19.3 Å². The maximum absolute atomic E-state index is 10.1. The first-order chi connectivity index (χ1) is 7.79. The molecule has 0 aliphatic rings. The summed E-state index contributed by atoms with van der Waals surface area (Å²) in [6.45, 7) is 2.23. The minimum Gasteiger partial charge on any atom is -0.344 e. The summed E-state index contributed by atoms with van der Waals surface area (Å²) in [6.07, 6.45) is 6.34. The number of rotatable bonds is 8. The van der Waals surface area contributed by atoms with Crippen LogP contribution in [0.1, 0.15) is 45.4 Å². The van der Waals surface area contributed by atoms with Gasteiger partial charge < -0.3 is 11.1 Å². The predicted octanol–water partition coefficient (Wildman–Crippen LogP) is 2.51. The van der Waals surface area contributed by atoms with Crippen LogP contribution >= 0.6 is 0 Å². The van der Waals surface area contributed by atoms with Crippen molar-refractivity contribution in [2.75, 3.05) is 27.7 Å². The summed E-state index contributed by atoms with van der Waals surface area (Å²) < 4.78 is 32.6. The Hall–Kier alpha value is -0.210. The summed E-state index contributed by atoms with van der Waals surface area (Å²) in [5, 5.41) is 0. The van der Waals surface area contributed by atoms with Gasteiger partial charge in [0.2, 0.25) is 0 Å². The van der Waals surface area contributed by atoms with E-state index >= 15 is 0 Å². The van der Waals surface area contributed by atoms with Crippen molar-refractivity contribution < 1.29 is 17.2 Å². The summed E-state index contributed by atoms with van der Waals surface area (Å²) in [5.41, 5.74) is 0. The van der Waals surface area contributed by atoms with Crippen LogP contribution in [0.3, 0.4) is 0 Å². The van der Waals surface area contributed by atoms with Gasteiger partial charge in [0.15, 0.2) is 0 Å². The van der Waals surface area contributed by atoms with Crippen LogP contribution in [0.5, 0.6) is 0 Å². The van der Waals surface area contributed by atoms with Gasteiger partial charge in [-0.1, -0.05) is 39.0 Å². The Balaban J connectivity index is -0.000000392. The first-order valence-corrected chi connectivity index (χ1v) is 7.39. The molecule has 0 amide bonds. The van der Waals surface area contributed by atoms with Crippen molar-refractivity contribution in [2.45, 2.75) is 45.4 Å². The molecular weight excluding hydrogens is 256 g/mol. The molecule has 7 heteroatoms. The molecule has 0 heterocycles. The van der Waals surface area contributed by atoms with Crippen molar-refractivity contribution in [3.05, 3.63) is 0 Å². The van der Waals surface area contributed by atoms with Gasteiger partial charge in [-0.2, -0.15) is 8.42 Å². The molecule has 4 N–H and O–H groups in total. The lowest BCUT2D eigenvalue weighted by molar-refractivity contribution is 0.261. The summed E-state index contributed by atoms with van der Waals surface area (Å²) in [5.74, 6) is 0. The predicted molar refractivity (Wildman–Crippen MR) is 75.5 cm³/mol. The molecule has 0 rings (SSSR count). The van der Waals surface area contributed by atoms with Crippen molar-refractivity contribution in [3.63, 3.8) is 0 Å². The largest absolute Gasteiger partial charge is 0.397 e. The molecule has 0 aliphatic carbocycles. The lowest BCUT2D eigenvalue weighted by Crippen LogP contribution is -2.04. The van der Waals surface area contributed by atoms with E-state index < -0.39 is 10.4 Å². The van der Waals surface area contributed by atoms with Gasteiger partial charge in [-0.25, -0.2) is 4.18 Å². The molecule has 0 radical (unpaired) electrons. The molecule has 0 spiro atoms. The van der Waals surface area contributed by atoms with Gasteiger partial charge in [0.25, 0.3) is 0 Å². The van der Waals surface area contributed by atoms with E-state index in [1.807, 2.05) is 26.0 Å². The Morgan fingerprint density at radius 1 is 1.00 bits per heavy atom. The van der Waals surface area contributed by atoms with Gasteiger partial charge in [0, 0.05) is 0 Å². The fourth-order valence-electron chi connectivity index (χ4n) is 1.05. The molecular formula is C11H30N2O4S. The van der Waals surface area contributed by atoms with E-state index in [0.29, 0.717) is 6.42 Å².